The lowest BCUT2D eigenvalue weighted by atomic mass is 10.1. The molecule has 2 rings (SSSR count). The number of aromatic nitrogens is 1. The van der Waals surface area contributed by atoms with E-state index in [1.807, 2.05) is 38.1 Å². The van der Waals surface area contributed by atoms with Crippen LogP contribution in [-0.4, -0.2) is 10.5 Å². The number of nitrogens with one attached hydrogen (secondary N) is 1. The van der Waals surface area contributed by atoms with E-state index in [2.05, 4.69) is 5.32 Å². The molecule has 0 radical (unpaired) electrons. The maximum absolute atomic E-state index is 12.0. The lowest BCUT2D eigenvalue weighted by Crippen LogP contribution is -2.27. The Morgan fingerprint density at radius 3 is 2.70 bits per heavy atom. The van der Waals surface area contributed by atoms with Crippen molar-refractivity contribution in [3.63, 3.8) is 0 Å². The molecule has 2 aromatic rings. The van der Waals surface area contributed by atoms with Gasteiger partial charge in [-0.2, -0.15) is 0 Å². The summed E-state index contributed by atoms with van der Waals surface area (Å²) in [5.74, 6) is -0.196. The summed E-state index contributed by atoms with van der Waals surface area (Å²) < 4.78 is 1.42. The monoisotopic (exact) mass is 270 g/mol. The predicted molar refractivity (Wildman–Crippen MR) is 79.9 cm³/mol. The van der Waals surface area contributed by atoms with Crippen molar-refractivity contribution in [2.24, 2.45) is 0 Å². The van der Waals surface area contributed by atoms with Gasteiger partial charge in [0.05, 0.1) is 0 Å². The van der Waals surface area contributed by atoms with Crippen LogP contribution in [0.15, 0.2) is 47.4 Å². The molecule has 0 spiro atoms. The fourth-order valence-corrected chi connectivity index (χ4v) is 2.07. The van der Waals surface area contributed by atoms with E-state index in [1.54, 1.807) is 12.3 Å². The van der Waals surface area contributed by atoms with Crippen LogP contribution in [0.1, 0.15) is 18.1 Å². The van der Waals surface area contributed by atoms with Crippen molar-refractivity contribution in [2.75, 3.05) is 5.32 Å². The molecule has 0 bridgehead atoms. The largest absolute Gasteiger partial charge is 0.324 e. The number of hydrogen-bond acceptors (Lipinski definition) is 2. The van der Waals surface area contributed by atoms with Crippen molar-refractivity contribution in [1.82, 2.24) is 4.57 Å². The topological polar surface area (TPSA) is 51.1 Å². The van der Waals surface area contributed by atoms with Crippen LogP contribution in [0.5, 0.6) is 0 Å². The number of pyridine rings is 1. The van der Waals surface area contributed by atoms with Crippen molar-refractivity contribution in [1.29, 1.82) is 0 Å². The average molecular weight is 270 g/mol. The number of carbonyl (C=O) groups is 1. The van der Waals surface area contributed by atoms with Crippen LogP contribution in [0.3, 0.4) is 0 Å². The van der Waals surface area contributed by atoms with Crippen LogP contribution < -0.4 is 10.9 Å². The zero-order chi connectivity index (χ0) is 14.5. The molecular weight excluding hydrogens is 252 g/mol. The summed E-state index contributed by atoms with van der Waals surface area (Å²) in [4.78, 5) is 23.7. The maximum Gasteiger partial charge on any atom is 0.251 e. The first-order valence-corrected chi connectivity index (χ1v) is 6.65. The highest BCUT2D eigenvalue weighted by atomic mass is 16.2. The molecule has 1 N–H and O–H groups in total. The van der Waals surface area contributed by atoms with Gasteiger partial charge >= 0.3 is 0 Å². The number of carbonyl (C=O) groups excluding carboxylic acids is 1. The van der Waals surface area contributed by atoms with E-state index in [-0.39, 0.29) is 18.0 Å². The van der Waals surface area contributed by atoms with E-state index in [1.165, 1.54) is 10.6 Å². The predicted octanol–water partition coefficient (Wildman–Crippen LogP) is 2.36. The molecule has 0 saturated heterocycles. The van der Waals surface area contributed by atoms with Crippen LogP contribution >= 0.6 is 0 Å². The molecule has 0 aliphatic heterocycles. The second-order valence-corrected chi connectivity index (χ2v) is 4.73. The van der Waals surface area contributed by atoms with Crippen LogP contribution in [0.25, 0.3) is 0 Å². The minimum absolute atomic E-state index is 0.0264. The first kappa shape index (κ1) is 14.1. The molecule has 1 aromatic carbocycles. The van der Waals surface area contributed by atoms with E-state index in [9.17, 15) is 9.59 Å². The zero-order valence-electron chi connectivity index (χ0n) is 11.7. The van der Waals surface area contributed by atoms with Gasteiger partial charge in [-0.15, -0.1) is 0 Å². The van der Waals surface area contributed by atoms with Crippen molar-refractivity contribution < 1.29 is 4.79 Å². The molecular formula is C16H18N2O2. The van der Waals surface area contributed by atoms with E-state index in [0.29, 0.717) is 0 Å². The van der Waals surface area contributed by atoms with Gasteiger partial charge in [-0.25, -0.2) is 0 Å². The van der Waals surface area contributed by atoms with Gasteiger partial charge in [-0.3, -0.25) is 9.59 Å². The van der Waals surface area contributed by atoms with Crippen LogP contribution in [0.2, 0.25) is 0 Å². The molecule has 0 unspecified atom stereocenters. The number of benzene rings is 1. The van der Waals surface area contributed by atoms with E-state index < -0.39 is 0 Å². The van der Waals surface area contributed by atoms with Crippen molar-refractivity contribution in [3.05, 3.63) is 64.1 Å². The average Bonchev–Trinajstić information content (AvgIpc) is 2.43. The smallest absolute Gasteiger partial charge is 0.251 e. The maximum atomic E-state index is 12.0. The van der Waals surface area contributed by atoms with Crippen LogP contribution in [0, 0.1) is 6.92 Å². The minimum atomic E-state index is -0.196. The first-order chi connectivity index (χ1) is 9.60. The molecule has 4 nitrogen and oxygen atoms in total. The van der Waals surface area contributed by atoms with Gasteiger partial charge in [-0.05, 0) is 30.5 Å². The van der Waals surface area contributed by atoms with Gasteiger partial charge in [0.25, 0.3) is 5.56 Å². The van der Waals surface area contributed by atoms with Gasteiger partial charge < -0.3 is 9.88 Å². The first-order valence-electron chi connectivity index (χ1n) is 6.65. The molecule has 0 atom stereocenters. The summed E-state index contributed by atoms with van der Waals surface area (Å²) in [6, 6.07) is 10.9. The number of hydrogen-bond donors (Lipinski definition) is 1. The molecule has 4 heteroatoms. The van der Waals surface area contributed by atoms with Gasteiger partial charge in [0.2, 0.25) is 5.91 Å². The highest BCUT2D eigenvalue weighted by Gasteiger charge is 2.07. The second-order valence-electron chi connectivity index (χ2n) is 4.73. The molecule has 0 fully saturated rings. The van der Waals surface area contributed by atoms with E-state index >= 15 is 0 Å². The lowest BCUT2D eigenvalue weighted by molar-refractivity contribution is -0.116. The molecule has 0 aliphatic carbocycles. The molecule has 1 aromatic heterocycles. The van der Waals surface area contributed by atoms with Crippen molar-refractivity contribution >= 4 is 11.6 Å². The van der Waals surface area contributed by atoms with Gasteiger partial charge in [0, 0.05) is 18.0 Å². The fraction of sp³-hybridized carbons (Fsp3) is 0.250. The SMILES string of the molecule is CCc1ccccc1NC(=O)Cn1cc(C)ccc1=O. The molecule has 0 saturated carbocycles. The summed E-state index contributed by atoms with van der Waals surface area (Å²) in [6.45, 7) is 3.95. The molecule has 1 amide bonds. The number of amides is 1. The zero-order valence-corrected chi connectivity index (χ0v) is 11.7. The number of nitrogens with zero attached hydrogens (tertiary/aromatic N) is 1. The third-order valence-corrected chi connectivity index (χ3v) is 3.12. The summed E-state index contributed by atoms with van der Waals surface area (Å²) >= 11 is 0. The van der Waals surface area contributed by atoms with E-state index in [0.717, 1.165) is 23.2 Å². The molecule has 20 heavy (non-hydrogen) atoms. The highest BCUT2D eigenvalue weighted by Crippen LogP contribution is 2.15. The third kappa shape index (κ3) is 3.35. The van der Waals surface area contributed by atoms with Gasteiger partial charge in [-0.1, -0.05) is 31.2 Å². The van der Waals surface area contributed by atoms with Gasteiger partial charge in [0.15, 0.2) is 0 Å². The Labute approximate surface area is 118 Å². The number of rotatable bonds is 4. The quantitative estimate of drug-likeness (QED) is 0.927. The Morgan fingerprint density at radius 2 is 1.95 bits per heavy atom. The summed E-state index contributed by atoms with van der Waals surface area (Å²) in [7, 11) is 0. The Morgan fingerprint density at radius 1 is 1.20 bits per heavy atom. The van der Waals surface area contributed by atoms with Crippen molar-refractivity contribution in [2.45, 2.75) is 26.8 Å². The number of aryl methyl sites for hydroxylation is 2. The van der Waals surface area contributed by atoms with Crippen molar-refractivity contribution in [3.8, 4) is 0 Å². The normalized spacial score (nSPS) is 10.3. The standard InChI is InChI=1S/C16H18N2O2/c1-3-13-6-4-5-7-14(13)17-15(19)11-18-10-12(2)8-9-16(18)20/h4-10H,3,11H2,1-2H3,(H,17,19). The van der Waals surface area contributed by atoms with E-state index in [4.69, 9.17) is 0 Å². The van der Waals surface area contributed by atoms with Crippen LogP contribution in [-0.2, 0) is 17.8 Å². The lowest BCUT2D eigenvalue weighted by Gasteiger charge is -2.11. The Bertz CT molecular complexity index is 674. The molecule has 0 aliphatic rings. The molecule has 1 heterocycles. The summed E-state index contributed by atoms with van der Waals surface area (Å²) in [5.41, 5.74) is 2.67. The second kappa shape index (κ2) is 6.19. The highest BCUT2D eigenvalue weighted by molar-refractivity contribution is 5.91. The Balaban J connectivity index is 2.13. The number of para-hydroxylation sites is 1. The fourth-order valence-electron chi connectivity index (χ4n) is 2.07. The Hall–Kier alpha value is -2.36. The number of anilines is 1. The Kier molecular flexibility index (Phi) is 4.35. The van der Waals surface area contributed by atoms with Crippen LogP contribution in [0.4, 0.5) is 5.69 Å². The van der Waals surface area contributed by atoms with Gasteiger partial charge in [0.1, 0.15) is 6.54 Å². The minimum Gasteiger partial charge on any atom is -0.324 e. The summed E-state index contributed by atoms with van der Waals surface area (Å²) in [5, 5.41) is 2.86. The molecule has 104 valence electrons. The third-order valence-electron chi connectivity index (χ3n) is 3.12. The summed E-state index contributed by atoms with van der Waals surface area (Å²) in [6.07, 6.45) is 2.54.